The molecule has 0 aliphatic carbocycles. The molecule has 0 amide bonds. The summed E-state index contributed by atoms with van der Waals surface area (Å²) in [7, 11) is 1.92. The molecule has 0 aliphatic rings. The van der Waals surface area contributed by atoms with E-state index in [4.69, 9.17) is 10.5 Å². The van der Waals surface area contributed by atoms with Crippen molar-refractivity contribution in [1.29, 1.82) is 0 Å². The van der Waals surface area contributed by atoms with Crippen molar-refractivity contribution in [3.63, 3.8) is 0 Å². The molecule has 0 radical (unpaired) electrons. The molecule has 0 bridgehead atoms. The van der Waals surface area contributed by atoms with E-state index in [0.717, 1.165) is 11.4 Å². The second-order valence-electron chi connectivity index (χ2n) is 4.48. The van der Waals surface area contributed by atoms with Crippen LogP contribution in [0, 0.1) is 6.92 Å². The average Bonchev–Trinajstić information content (AvgIpc) is 2.41. The number of hydrogen-bond acceptors (Lipinski definition) is 6. The van der Waals surface area contributed by atoms with Crippen LogP contribution >= 0.6 is 0 Å². The van der Waals surface area contributed by atoms with Crippen molar-refractivity contribution in [1.82, 2.24) is 15.0 Å². The first-order chi connectivity index (χ1) is 9.61. The highest BCUT2D eigenvalue weighted by molar-refractivity contribution is 5.67. The number of nitrogen functional groups attached to an aromatic ring is 1. The summed E-state index contributed by atoms with van der Waals surface area (Å²) in [5.41, 5.74) is 8.44. The average molecular weight is 273 g/mol. The van der Waals surface area contributed by atoms with E-state index < -0.39 is 0 Å². The van der Waals surface area contributed by atoms with Gasteiger partial charge in [-0.3, -0.25) is 4.98 Å². The maximum atomic E-state index is 6.04. The van der Waals surface area contributed by atoms with Gasteiger partial charge in [0.15, 0.2) is 5.82 Å². The van der Waals surface area contributed by atoms with E-state index in [0.29, 0.717) is 30.5 Å². The Balaban J connectivity index is 2.21. The van der Waals surface area contributed by atoms with E-state index in [-0.39, 0.29) is 0 Å². The molecule has 2 rings (SSSR count). The number of aromatic nitrogens is 3. The molecule has 0 fully saturated rings. The lowest BCUT2D eigenvalue weighted by Gasteiger charge is -2.20. The third-order valence-corrected chi connectivity index (χ3v) is 2.81. The van der Waals surface area contributed by atoms with Gasteiger partial charge in [-0.15, -0.1) is 0 Å². The molecule has 20 heavy (non-hydrogen) atoms. The first kappa shape index (κ1) is 14.0. The van der Waals surface area contributed by atoms with Gasteiger partial charge in [0.05, 0.1) is 18.8 Å². The number of hydrogen-bond donors (Lipinski definition) is 1. The molecule has 0 atom stereocenters. The molecule has 0 unspecified atom stereocenters. The van der Waals surface area contributed by atoms with E-state index >= 15 is 0 Å². The van der Waals surface area contributed by atoms with Crippen LogP contribution in [-0.4, -0.2) is 28.6 Å². The number of rotatable bonds is 5. The van der Waals surface area contributed by atoms with E-state index in [1.807, 2.05) is 44.0 Å². The second kappa shape index (κ2) is 6.18. The van der Waals surface area contributed by atoms with Gasteiger partial charge in [0.1, 0.15) is 12.0 Å². The van der Waals surface area contributed by atoms with Crippen LogP contribution in [0.1, 0.15) is 18.3 Å². The van der Waals surface area contributed by atoms with Gasteiger partial charge in [-0.25, -0.2) is 4.98 Å². The predicted octanol–water partition coefficient (Wildman–Crippen LogP) is 1.80. The number of ether oxygens (including phenoxy) is 1. The number of pyridine rings is 1. The lowest BCUT2D eigenvalue weighted by atomic mass is 10.3. The van der Waals surface area contributed by atoms with Gasteiger partial charge < -0.3 is 15.4 Å². The fourth-order valence-corrected chi connectivity index (χ4v) is 1.93. The number of nitrogens with two attached hydrogens (primary N) is 1. The summed E-state index contributed by atoms with van der Waals surface area (Å²) in [4.78, 5) is 14.7. The summed E-state index contributed by atoms with van der Waals surface area (Å²) in [5, 5.41) is 0. The Labute approximate surface area is 118 Å². The molecule has 6 nitrogen and oxygen atoms in total. The fraction of sp³-hybridized carbons (Fsp3) is 0.357. The third-order valence-electron chi connectivity index (χ3n) is 2.81. The minimum atomic E-state index is 0.418. The molecule has 0 aromatic carbocycles. The van der Waals surface area contributed by atoms with Crippen molar-refractivity contribution >= 4 is 11.5 Å². The summed E-state index contributed by atoms with van der Waals surface area (Å²) in [6.45, 7) is 5.00. The summed E-state index contributed by atoms with van der Waals surface area (Å²) in [6.07, 6.45) is 1.46. The maximum absolute atomic E-state index is 6.04. The molecule has 2 heterocycles. The number of nitrogens with zero attached hydrogens (tertiary/aromatic N) is 4. The van der Waals surface area contributed by atoms with E-state index in [9.17, 15) is 0 Å². The van der Waals surface area contributed by atoms with Crippen LogP contribution in [-0.2, 0) is 6.54 Å². The standard InChI is InChI=1S/C14H19N5O/c1-4-20-14-12(15)13(16-9-17-14)19(3)8-11-7-5-6-10(2)18-11/h5-7,9H,4,8,15H2,1-3H3. The van der Waals surface area contributed by atoms with Gasteiger partial charge in [-0.1, -0.05) is 6.07 Å². The van der Waals surface area contributed by atoms with Crippen LogP contribution < -0.4 is 15.4 Å². The highest BCUT2D eigenvalue weighted by Gasteiger charge is 2.13. The molecule has 6 heteroatoms. The van der Waals surface area contributed by atoms with E-state index in [1.165, 1.54) is 6.33 Å². The molecule has 0 aliphatic heterocycles. The van der Waals surface area contributed by atoms with Gasteiger partial charge in [0.2, 0.25) is 5.88 Å². The Morgan fingerprint density at radius 2 is 2.10 bits per heavy atom. The van der Waals surface area contributed by atoms with Crippen LogP contribution in [0.5, 0.6) is 5.88 Å². The van der Waals surface area contributed by atoms with E-state index in [2.05, 4.69) is 15.0 Å². The molecule has 0 spiro atoms. The quantitative estimate of drug-likeness (QED) is 0.895. The monoisotopic (exact) mass is 273 g/mol. The Kier molecular flexibility index (Phi) is 4.34. The first-order valence-corrected chi connectivity index (χ1v) is 6.48. The Bertz CT molecular complexity index is 588. The lowest BCUT2D eigenvalue weighted by molar-refractivity contribution is 0.328. The molecule has 106 valence electrons. The summed E-state index contributed by atoms with van der Waals surface area (Å²) in [6, 6.07) is 5.93. The summed E-state index contributed by atoms with van der Waals surface area (Å²) in [5.74, 6) is 1.06. The van der Waals surface area contributed by atoms with Crippen molar-refractivity contribution in [3.8, 4) is 5.88 Å². The lowest BCUT2D eigenvalue weighted by Crippen LogP contribution is -2.20. The SMILES string of the molecule is CCOc1ncnc(N(C)Cc2cccc(C)n2)c1N. The first-order valence-electron chi connectivity index (χ1n) is 6.48. The van der Waals surface area contributed by atoms with Gasteiger partial charge in [-0.05, 0) is 26.0 Å². The van der Waals surface area contributed by atoms with Gasteiger partial charge in [0.25, 0.3) is 0 Å². The number of anilines is 2. The van der Waals surface area contributed by atoms with E-state index in [1.54, 1.807) is 0 Å². The molecule has 2 aromatic rings. The fourth-order valence-electron chi connectivity index (χ4n) is 1.93. The van der Waals surface area contributed by atoms with Crippen LogP contribution in [0.15, 0.2) is 24.5 Å². The van der Waals surface area contributed by atoms with Crippen LogP contribution in [0.2, 0.25) is 0 Å². The van der Waals surface area contributed by atoms with Crippen molar-refractivity contribution in [2.45, 2.75) is 20.4 Å². The zero-order valence-electron chi connectivity index (χ0n) is 12.0. The minimum absolute atomic E-state index is 0.418. The molecule has 0 saturated carbocycles. The van der Waals surface area contributed by atoms with Crippen molar-refractivity contribution in [2.75, 3.05) is 24.3 Å². The molecule has 0 saturated heterocycles. The zero-order chi connectivity index (χ0) is 14.5. The Morgan fingerprint density at radius 1 is 1.30 bits per heavy atom. The highest BCUT2D eigenvalue weighted by atomic mass is 16.5. The van der Waals surface area contributed by atoms with Crippen molar-refractivity contribution < 1.29 is 4.74 Å². The third kappa shape index (κ3) is 3.14. The molecular formula is C14H19N5O. The van der Waals surface area contributed by atoms with Crippen LogP contribution in [0.25, 0.3) is 0 Å². The van der Waals surface area contributed by atoms with Crippen LogP contribution in [0.3, 0.4) is 0 Å². The van der Waals surface area contributed by atoms with Crippen molar-refractivity contribution in [3.05, 3.63) is 35.9 Å². The molecular weight excluding hydrogens is 254 g/mol. The van der Waals surface area contributed by atoms with Gasteiger partial charge >= 0.3 is 0 Å². The number of aryl methyl sites for hydroxylation is 1. The smallest absolute Gasteiger partial charge is 0.242 e. The molecule has 2 N–H and O–H groups in total. The molecule has 2 aromatic heterocycles. The predicted molar refractivity (Wildman–Crippen MR) is 78.7 cm³/mol. The largest absolute Gasteiger partial charge is 0.476 e. The van der Waals surface area contributed by atoms with Gasteiger partial charge in [-0.2, -0.15) is 4.98 Å². The summed E-state index contributed by atoms with van der Waals surface area (Å²) < 4.78 is 5.38. The Morgan fingerprint density at radius 3 is 2.80 bits per heavy atom. The van der Waals surface area contributed by atoms with Crippen molar-refractivity contribution in [2.24, 2.45) is 0 Å². The normalized spacial score (nSPS) is 10.3. The maximum Gasteiger partial charge on any atom is 0.242 e. The second-order valence-corrected chi connectivity index (χ2v) is 4.48. The highest BCUT2D eigenvalue weighted by Crippen LogP contribution is 2.27. The Hall–Kier alpha value is -2.37. The van der Waals surface area contributed by atoms with Crippen LogP contribution in [0.4, 0.5) is 11.5 Å². The zero-order valence-corrected chi connectivity index (χ0v) is 12.0. The topological polar surface area (TPSA) is 77.2 Å². The van der Waals surface area contributed by atoms with Gasteiger partial charge in [0, 0.05) is 12.7 Å². The summed E-state index contributed by atoms with van der Waals surface area (Å²) >= 11 is 0. The minimum Gasteiger partial charge on any atom is -0.476 e.